The Morgan fingerprint density at radius 3 is 2.83 bits per heavy atom. The predicted molar refractivity (Wildman–Crippen MR) is 67.7 cm³/mol. The molecule has 2 aromatic carbocycles. The number of ether oxygens (including phenoxy) is 2. The van der Waals surface area contributed by atoms with Gasteiger partial charge in [-0.1, -0.05) is 18.2 Å². The van der Waals surface area contributed by atoms with Gasteiger partial charge in [0.15, 0.2) is 11.5 Å². The first-order valence-electron chi connectivity index (χ1n) is 6.35. The lowest BCUT2D eigenvalue weighted by Crippen LogP contribution is -2.08. The first-order valence-corrected chi connectivity index (χ1v) is 6.35. The summed E-state index contributed by atoms with van der Waals surface area (Å²) in [4.78, 5) is 0. The Kier molecular flexibility index (Phi) is 2.10. The third-order valence-electron chi connectivity index (χ3n) is 3.65. The zero-order valence-corrected chi connectivity index (χ0v) is 9.98. The van der Waals surface area contributed by atoms with Crippen molar-refractivity contribution in [3.05, 3.63) is 59.2 Å². The molecule has 89 valence electrons. The highest BCUT2D eigenvalue weighted by molar-refractivity contribution is 5.43. The highest BCUT2D eigenvalue weighted by atomic mass is 16.7. The van der Waals surface area contributed by atoms with Gasteiger partial charge in [0.1, 0.15) is 0 Å². The van der Waals surface area contributed by atoms with Crippen LogP contribution in [0.3, 0.4) is 0 Å². The van der Waals surface area contributed by atoms with Crippen LogP contribution in [0.2, 0.25) is 0 Å². The van der Waals surface area contributed by atoms with Crippen molar-refractivity contribution in [1.29, 1.82) is 0 Å². The van der Waals surface area contributed by atoms with Gasteiger partial charge < -0.3 is 9.47 Å². The summed E-state index contributed by atoms with van der Waals surface area (Å²) in [6.45, 7) is 0. The van der Waals surface area contributed by atoms with E-state index in [-0.39, 0.29) is 6.29 Å². The van der Waals surface area contributed by atoms with Crippen LogP contribution in [0.15, 0.2) is 36.4 Å². The fraction of sp³-hybridized carbons (Fsp3) is 0.250. The molecule has 0 saturated heterocycles. The third-order valence-corrected chi connectivity index (χ3v) is 3.65. The Hall–Kier alpha value is -1.96. The molecule has 0 bridgehead atoms. The summed E-state index contributed by atoms with van der Waals surface area (Å²) in [6, 6.07) is 15.1. The lowest BCUT2D eigenvalue weighted by atomic mass is 10.1. The van der Waals surface area contributed by atoms with Gasteiger partial charge in [0.25, 0.3) is 6.29 Å². The molecular formula is C16H13O2. The quantitative estimate of drug-likeness (QED) is 0.756. The zero-order valence-electron chi connectivity index (χ0n) is 9.98. The van der Waals surface area contributed by atoms with E-state index in [1.807, 2.05) is 18.2 Å². The van der Waals surface area contributed by atoms with E-state index in [0.717, 1.165) is 17.1 Å². The van der Waals surface area contributed by atoms with Gasteiger partial charge in [-0.05, 0) is 54.7 Å². The summed E-state index contributed by atoms with van der Waals surface area (Å²) in [5.41, 5.74) is 4.02. The lowest BCUT2D eigenvalue weighted by molar-refractivity contribution is 0.0486. The molecule has 18 heavy (non-hydrogen) atoms. The largest absolute Gasteiger partial charge is 0.447 e. The smallest absolute Gasteiger partial charge is 0.267 e. The van der Waals surface area contributed by atoms with Crippen LogP contribution in [0.5, 0.6) is 11.5 Å². The van der Waals surface area contributed by atoms with Gasteiger partial charge >= 0.3 is 0 Å². The second-order valence-corrected chi connectivity index (χ2v) is 4.82. The van der Waals surface area contributed by atoms with Crippen LogP contribution in [-0.4, -0.2) is 0 Å². The van der Waals surface area contributed by atoms with Crippen LogP contribution < -0.4 is 9.47 Å². The molecular weight excluding hydrogens is 224 g/mol. The molecule has 1 atom stereocenters. The van der Waals surface area contributed by atoms with E-state index in [4.69, 9.17) is 9.47 Å². The Labute approximate surface area is 106 Å². The number of hydrogen-bond acceptors (Lipinski definition) is 2. The van der Waals surface area contributed by atoms with Gasteiger partial charge in [0.2, 0.25) is 0 Å². The van der Waals surface area contributed by atoms with Crippen molar-refractivity contribution in [3.63, 3.8) is 0 Å². The van der Waals surface area contributed by atoms with Crippen LogP contribution in [0.4, 0.5) is 0 Å². The maximum Gasteiger partial charge on any atom is 0.267 e. The molecule has 1 heterocycles. The monoisotopic (exact) mass is 237 g/mol. The number of hydrogen-bond donors (Lipinski definition) is 0. The van der Waals surface area contributed by atoms with Crippen LogP contribution in [0.25, 0.3) is 0 Å². The van der Waals surface area contributed by atoms with Crippen LogP contribution in [0.1, 0.15) is 29.4 Å². The molecule has 0 aromatic heterocycles. The van der Waals surface area contributed by atoms with Crippen molar-refractivity contribution in [1.82, 2.24) is 0 Å². The Bertz CT molecular complexity index is 579. The second kappa shape index (κ2) is 3.77. The summed E-state index contributed by atoms with van der Waals surface area (Å²) in [5.74, 6) is 1.59. The standard InChI is InChI=1S/C16H13O2/c1-2-7-15-14(6-1)17-16(18-15)13-9-8-11-4-3-5-12(11)10-13/h1,6-10,16H,3-5H2. The average molecular weight is 237 g/mol. The van der Waals surface area contributed by atoms with Crippen LogP contribution >= 0.6 is 0 Å². The Balaban J connectivity index is 1.66. The number of aryl methyl sites for hydroxylation is 2. The lowest BCUT2D eigenvalue weighted by Gasteiger charge is -2.12. The first-order chi connectivity index (χ1) is 8.90. The summed E-state index contributed by atoms with van der Waals surface area (Å²) in [7, 11) is 0. The van der Waals surface area contributed by atoms with Gasteiger partial charge in [0, 0.05) is 5.56 Å². The average Bonchev–Trinajstić information content (AvgIpc) is 3.04. The van der Waals surface area contributed by atoms with Crippen molar-refractivity contribution in [3.8, 4) is 11.5 Å². The summed E-state index contributed by atoms with van der Waals surface area (Å²) in [5, 5.41) is 0. The molecule has 1 unspecified atom stereocenters. The molecule has 0 spiro atoms. The molecule has 2 heteroatoms. The molecule has 0 saturated carbocycles. The second-order valence-electron chi connectivity index (χ2n) is 4.82. The van der Waals surface area contributed by atoms with Crippen molar-refractivity contribution in [2.45, 2.75) is 25.6 Å². The topological polar surface area (TPSA) is 18.5 Å². The molecule has 0 amide bonds. The van der Waals surface area contributed by atoms with E-state index in [1.54, 1.807) is 0 Å². The Morgan fingerprint density at radius 2 is 1.89 bits per heavy atom. The van der Waals surface area contributed by atoms with E-state index in [0.29, 0.717) is 0 Å². The van der Waals surface area contributed by atoms with E-state index < -0.39 is 0 Å². The number of fused-ring (bicyclic) bond motifs is 2. The van der Waals surface area contributed by atoms with Gasteiger partial charge in [-0.2, -0.15) is 0 Å². The van der Waals surface area contributed by atoms with E-state index >= 15 is 0 Å². The minimum Gasteiger partial charge on any atom is -0.447 e. The van der Waals surface area contributed by atoms with Crippen molar-refractivity contribution >= 4 is 0 Å². The molecule has 0 fully saturated rings. The van der Waals surface area contributed by atoms with Crippen LogP contribution in [0, 0.1) is 6.07 Å². The molecule has 2 aliphatic rings. The maximum atomic E-state index is 5.81. The summed E-state index contributed by atoms with van der Waals surface area (Å²) in [6.07, 6.45) is 3.34. The SMILES string of the molecule is [c]1ccc2c(c1)OC(c1ccc3c(c1)CCC3)O2. The minimum absolute atomic E-state index is 0.304. The normalized spacial score (nSPS) is 16.9. The predicted octanol–water partition coefficient (Wildman–Crippen LogP) is 3.45. The summed E-state index contributed by atoms with van der Waals surface area (Å²) >= 11 is 0. The number of rotatable bonds is 1. The molecule has 4 rings (SSSR count). The maximum absolute atomic E-state index is 5.81. The van der Waals surface area contributed by atoms with Crippen molar-refractivity contribution in [2.75, 3.05) is 0 Å². The van der Waals surface area contributed by atoms with E-state index in [2.05, 4.69) is 24.3 Å². The molecule has 1 radical (unpaired) electrons. The van der Waals surface area contributed by atoms with Gasteiger partial charge in [-0.3, -0.25) is 0 Å². The minimum atomic E-state index is -0.304. The van der Waals surface area contributed by atoms with Crippen LogP contribution in [-0.2, 0) is 12.8 Å². The third kappa shape index (κ3) is 1.49. The van der Waals surface area contributed by atoms with Gasteiger partial charge in [0.05, 0.1) is 0 Å². The fourth-order valence-corrected chi connectivity index (χ4v) is 2.72. The Morgan fingerprint density at radius 1 is 1.00 bits per heavy atom. The van der Waals surface area contributed by atoms with E-state index in [1.165, 1.54) is 30.4 Å². The molecule has 1 aliphatic heterocycles. The van der Waals surface area contributed by atoms with E-state index in [9.17, 15) is 0 Å². The molecule has 2 nitrogen and oxygen atoms in total. The highest BCUT2D eigenvalue weighted by Gasteiger charge is 2.26. The fourth-order valence-electron chi connectivity index (χ4n) is 2.72. The van der Waals surface area contributed by atoms with Gasteiger partial charge in [-0.15, -0.1) is 0 Å². The first kappa shape index (κ1) is 10.0. The van der Waals surface area contributed by atoms with Crippen molar-refractivity contribution in [2.24, 2.45) is 0 Å². The highest BCUT2D eigenvalue weighted by Crippen LogP contribution is 2.40. The molecule has 1 aliphatic carbocycles. The zero-order chi connectivity index (χ0) is 11.9. The number of benzene rings is 2. The molecule has 2 aromatic rings. The molecule has 0 N–H and O–H groups in total. The van der Waals surface area contributed by atoms with Gasteiger partial charge in [-0.25, -0.2) is 0 Å². The van der Waals surface area contributed by atoms with Crippen molar-refractivity contribution < 1.29 is 9.47 Å². The summed E-state index contributed by atoms with van der Waals surface area (Å²) < 4.78 is 11.6.